The third kappa shape index (κ3) is 3.38. The van der Waals surface area contributed by atoms with Gasteiger partial charge in [-0.1, -0.05) is 11.6 Å². The van der Waals surface area contributed by atoms with Crippen molar-refractivity contribution in [2.24, 2.45) is 5.92 Å². The molecule has 0 N–H and O–H groups in total. The number of nitrogens with zero attached hydrogens (tertiary/aromatic N) is 2. The molecule has 0 bridgehead atoms. The quantitative estimate of drug-likeness (QED) is 0.806. The Balaban J connectivity index is 1.92. The normalized spacial score (nSPS) is 18.1. The second-order valence-electron chi connectivity index (χ2n) is 5.61. The first-order valence-corrected chi connectivity index (χ1v) is 7.79. The Bertz CT molecular complexity index is 825. The lowest BCUT2D eigenvalue weighted by Crippen LogP contribution is -2.41. The molecule has 0 radical (unpaired) electrons. The Morgan fingerprint density at radius 3 is 2.78 bits per heavy atom. The smallest absolute Gasteiger partial charge is 0.320 e. The summed E-state index contributed by atoms with van der Waals surface area (Å²) >= 11 is 5.73. The van der Waals surface area contributed by atoms with Crippen LogP contribution in [0.15, 0.2) is 40.2 Å². The molecule has 23 heavy (non-hydrogen) atoms. The number of ether oxygens (including phenoxy) is 1. The molecule has 2 aromatic rings. The summed E-state index contributed by atoms with van der Waals surface area (Å²) in [5, 5.41) is -0.0991. The topological polar surface area (TPSA) is 53.2 Å². The number of halogens is 2. The van der Waals surface area contributed by atoms with Gasteiger partial charge in [0, 0.05) is 31.5 Å². The minimum absolute atomic E-state index is 0.0991. The summed E-state index contributed by atoms with van der Waals surface area (Å²) in [4.78, 5) is 24.6. The zero-order valence-corrected chi connectivity index (χ0v) is 13.1. The van der Waals surface area contributed by atoms with Gasteiger partial charge in [-0.3, -0.25) is 14.2 Å². The van der Waals surface area contributed by atoms with Crippen molar-refractivity contribution >= 4 is 11.6 Å². The molecule has 122 valence electrons. The van der Waals surface area contributed by atoms with E-state index in [1.807, 2.05) is 0 Å². The molecule has 0 spiro atoms. The number of hydrogen-bond acceptors (Lipinski definition) is 3. The van der Waals surface area contributed by atoms with Gasteiger partial charge in [0.2, 0.25) is 0 Å². The fourth-order valence-corrected chi connectivity index (χ4v) is 2.89. The van der Waals surface area contributed by atoms with Gasteiger partial charge in [-0.15, -0.1) is 0 Å². The fourth-order valence-electron chi connectivity index (χ4n) is 2.72. The number of aromatic nitrogens is 2. The minimum atomic E-state index is -0.688. The van der Waals surface area contributed by atoms with Crippen molar-refractivity contribution in [1.29, 1.82) is 0 Å². The van der Waals surface area contributed by atoms with E-state index in [1.165, 1.54) is 27.5 Å². The average Bonchev–Trinajstić information content (AvgIpc) is 2.56. The summed E-state index contributed by atoms with van der Waals surface area (Å²) in [5.74, 6) is -0.342. The molecule has 0 aliphatic carbocycles. The maximum atomic E-state index is 13.2. The van der Waals surface area contributed by atoms with Crippen molar-refractivity contribution in [2.45, 2.75) is 19.4 Å². The number of benzene rings is 1. The monoisotopic (exact) mass is 338 g/mol. The SMILES string of the molecule is O=c1c(=O)n(-c2ccc(F)c(Cl)c2)ccn1CC1CCCOC1. The Hall–Kier alpha value is -1.92. The van der Waals surface area contributed by atoms with Crippen LogP contribution >= 0.6 is 11.6 Å². The zero-order valence-electron chi connectivity index (χ0n) is 12.4. The predicted octanol–water partition coefficient (Wildman–Crippen LogP) is 2.22. The van der Waals surface area contributed by atoms with Gasteiger partial charge in [-0.2, -0.15) is 0 Å². The summed E-state index contributed by atoms with van der Waals surface area (Å²) in [7, 11) is 0. The molecule has 0 amide bonds. The molecule has 1 aliphatic heterocycles. The lowest BCUT2D eigenvalue weighted by Gasteiger charge is -2.22. The van der Waals surface area contributed by atoms with Crippen molar-refractivity contribution in [3.63, 3.8) is 0 Å². The first-order valence-electron chi connectivity index (χ1n) is 7.41. The standard InChI is InChI=1S/C16H16ClFN2O3/c17-13-8-12(3-4-14(13)18)20-6-5-19(15(21)16(20)22)9-11-2-1-7-23-10-11/h3-6,8,11H,1-2,7,9-10H2. The first-order chi connectivity index (χ1) is 11.1. The van der Waals surface area contributed by atoms with Gasteiger partial charge in [0.05, 0.1) is 17.3 Å². The van der Waals surface area contributed by atoms with E-state index in [-0.39, 0.29) is 10.9 Å². The molecular formula is C16H16ClFN2O3. The highest BCUT2D eigenvalue weighted by Gasteiger charge is 2.16. The van der Waals surface area contributed by atoms with Crippen LogP contribution in [0.2, 0.25) is 5.02 Å². The molecule has 5 nitrogen and oxygen atoms in total. The van der Waals surface area contributed by atoms with Crippen molar-refractivity contribution < 1.29 is 9.13 Å². The Kier molecular flexibility index (Phi) is 4.63. The molecule has 7 heteroatoms. The average molecular weight is 339 g/mol. The van der Waals surface area contributed by atoms with Gasteiger partial charge in [0.15, 0.2) is 0 Å². The maximum absolute atomic E-state index is 13.2. The molecule has 1 aromatic carbocycles. The van der Waals surface area contributed by atoms with Crippen LogP contribution in [0.1, 0.15) is 12.8 Å². The van der Waals surface area contributed by atoms with E-state index in [4.69, 9.17) is 16.3 Å². The van der Waals surface area contributed by atoms with Crippen LogP contribution in [0.5, 0.6) is 0 Å². The van der Waals surface area contributed by atoms with Crippen LogP contribution < -0.4 is 11.1 Å². The second kappa shape index (κ2) is 6.68. The lowest BCUT2D eigenvalue weighted by atomic mass is 10.0. The minimum Gasteiger partial charge on any atom is -0.381 e. The third-order valence-electron chi connectivity index (χ3n) is 3.95. The van der Waals surface area contributed by atoms with Gasteiger partial charge in [-0.05, 0) is 31.0 Å². The van der Waals surface area contributed by atoms with Crippen LogP contribution in [0.4, 0.5) is 4.39 Å². The van der Waals surface area contributed by atoms with E-state index in [0.29, 0.717) is 18.8 Å². The molecule has 1 aromatic heterocycles. The summed E-state index contributed by atoms with van der Waals surface area (Å²) in [5.41, 5.74) is -0.947. The summed E-state index contributed by atoms with van der Waals surface area (Å²) in [6.07, 6.45) is 5.00. The zero-order chi connectivity index (χ0) is 16.4. The second-order valence-corrected chi connectivity index (χ2v) is 6.02. The Labute approximate surface area is 136 Å². The van der Waals surface area contributed by atoms with Crippen LogP contribution in [0.3, 0.4) is 0 Å². The van der Waals surface area contributed by atoms with E-state index < -0.39 is 16.9 Å². The largest absolute Gasteiger partial charge is 0.381 e. The molecule has 3 rings (SSSR count). The summed E-state index contributed by atoms with van der Waals surface area (Å²) in [6, 6.07) is 3.88. The fraction of sp³-hybridized carbons (Fsp3) is 0.375. The van der Waals surface area contributed by atoms with Gasteiger partial charge in [-0.25, -0.2) is 4.39 Å². The van der Waals surface area contributed by atoms with E-state index >= 15 is 0 Å². The van der Waals surface area contributed by atoms with Crippen LogP contribution in [-0.4, -0.2) is 22.3 Å². The van der Waals surface area contributed by atoms with E-state index in [0.717, 1.165) is 25.5 Å². The Morgan fingerprint density at radius 1 is 1.26 bits per heavy atom. The summed E-state index contributed by atoms with van der Waals surface area (Å²) in [6.45, 7) is 1.81. The van der Waals surface area contributed by atoms with Gasteiger partial charge in [0.1, 0.15) is 5.82 Å². The van der Waals surface area contributed by atoms with Gasteiger partial charge in [0.25, 0.3) is 0 Å². The van der Waals surface area contributed by atoms with E-state index in [9.17, 15) is 14.0 Å². The maximum Gasteiger partial charge on any atom is 0.320 e. The molecule has 0 saturated carbocycles. The van der Waals surface area contributed by atoms with E-state index in [2.05, 4.69) is 0 Å². The van der Waals surface area contributed by atoms with Gasteiger partial charge < -0.3 is 9.30 Å². The summed E-state index contributed by atoms with van der Waals surface area (Å²) < 4.78 is 21.2. The molecule has 1 fully saturated rings. The van der Waals surface area contributed by atoms with Crippen molar-refractivity contribution in [1.82, 2.24) is 9.13 Å². The highest BCUT2D eigenvalue weighted by Crippen LogP contribution is 2.18. The highest BCUT2D eigenvalue weighted by atomic mass is 35.5. The molecule has 1 atom stereocenters. The van der Waals surface area contributed by atoms with Crippen molar-refractivity contribution in [3.05, 3.63) is 62.1 Å². The first kappa shape index (κ1) is 16.0. The molecule has 1 aliphatic rings. The highest BCUT2D eigenvalue weighted by molar-refractivity contribution is 6.30. The van der Waals surface area contributed by atoms with Crippen molar-refractivity contribution in [2.75, 3.05) is 13.2 Å². The number of rotatable bonds is 3. The van der Waals surface area contributed by atoms with E-state index in [1.54, 1.807) is 6.20 Å². The van der Waals surface area contributed by atoms with Crippen molar-refractivity contribution in [3.8, 4) is 5.69 Å². The van der Waals surface area contributed by atoms with Crippen LogP contribution in [-0.2, 0) is 11.3 Å². The predicted molar refractivity (Wildman–Crippen MR) is 84.8 cm³/mol. The Morgan fingerprint density at radius 2 is 2.09 bits per heavy atom. The van der Waals surface area contributed by atoms with Crippen LogP contribution in [0.25, 0.3) is 5.69 Å². The van der Waals surface area contributed by atoms with Gasteiger partial charge >= 0.3 is 11.1 Å². The molecular weight excluding hydrogens is 323 g/mol. The third-order valence-corrected chi connectivity index (χ3v) is 4.24. The number of hydrogen-bond donors (Lipinski definition) is 0. The molecule has 1 unspecified atom stereocenters. The molecule has 1 saturated heterocycles. The molecule has 2 heterocycles. The van der Waals surface area contributed by atoms with Crippen LogP contribution in [0, 0.1) is 11.7 Å². The lowest BCUT2D eigenvalue weighted by molar-refractivity contribution is 0.0479.